The molecule has 4 heteroatoms. The average molecular weight is 226 g/mol. The summed E-state index contributed by atoms with van der Waals surface area (Å²) < 4.78 is 5.61. The number of amides is 1. The summed E-state index contributed by atoms with van der Waals surface area (Å²) in [5.41, 5.74) is 3.04. The number of carbonyl (C=O) groups excluding carboxylic acids is 1. The lowest BCUT2D eigenvalue weighted by Gasteiger charge is -2.07. The standard InChI is InChI=1S/C13H8NO3/c15-13(14-16)9-5-3-7-11-12(9)8-4-1-2-6-10(8)17-11/h1-7H,(H-,14,15,16)/q-1. The first-order valence-corrected chi connectivity index (χ1v) is 5.14. The highest BCUT2D eigenvalue weighted by atomic mass is 16.5. The molecular weight excluding hydrogens is 218 g/mol. The molecule has 84 valence electrons. The van der Waals surface area contributed by atoms with Crippen LogP contribution in [-0.2, 0) is 0 Å². The average Bonchev–Trinajstić information content (AvgIpc) is 2.76. The summed E-state index contributed by atoms with van der Waals surface area (Å²) in [6.07, 6.45) is 0. The molecule has 0 fully saturated rings. The van der Waals surface area contributed by atoms with Gasteiger partial charge in [-0.3, -0.25) is 4.79 Å². The van der Waals surface area contributed by atoms with Gasteiger partial charge in [-0.25, -0.2) is 0 Å². The molecule has 0 aliphatic heterocycles. The van der Waals surface area contributed by atoms with E-state index in [0.717, 1.165) is 5.39 Å². The fraction of sp³-hybridized carbons (Fsp3) is 0. The third-order valence-electron chi connectivity index (χ3n) is 2.74. The molecule has 1 heterocycles. The van der Waals surface area contributed by atoms with Gasteiger partial charge in [0.1, 0.15) is 11.2 Å². The fourth-order valence-electron chi connectivity index (χ4n) is 2.02. The molecule has 0 unspecified atom stereocenters. The zero-order valence-corrected chi connectivity index (χ0v) is 8.77. The lowest BCUT2D eigenvalue weighted by Crippen LogP contribution is -2.15. The van der Waals surface area contributed by atoms with Gasteiger partial charge in [0.05, 0.1) is 5.56 Å². The number of hydrogen-bond donors (Lipinski definition) is 1. The first-order valence-electron chi connectivity index (χ1n) is 5.14. The number of benzene rings is 2. The number of nitrogens with one attached hydrogen (secondary N) is 1. The van der Waals surface area contributed by atoms with Crippen LogP contribution in [-0.4, -0.2) is 5.91 Å². The predicted octanol–water partition coefficient (Wildman–Crippen LogP) is 2.81. The third kappa shape index (κ3) is 1.38. The van der Waals surface area contributed by atoms with Crippen molar-refractivity contribution < 1.29 is 9.21 Å². The highest BCUT2D eigenvalue weighted by Gasteiger charge is 2.13. The van der Waals surface area contributed by atoms with E-state index in [4.69, 9.17) is 4.42 Å². The summed E-state index contributed by atoms with van der Waals surface area (Å²) in [6, 6.07) is 12.5. The molecule has 1 amide bonds. The van der Waals surface area contributed by atoms with Gasteiger partial charge in [0, 0.05) is 10.8 Å². The summed E-state index contributed by atoms with van der Waals surface area (Å²) in [7, 11) is 0. The summed E-state index contributed by atoms with van der Waals surface area (Å²) in [5, 5.41) is 12.0. The minimum absolute atomic E-state index is 0.336. The maximum atomic E-state index is 11.5. The Labute approximate surface area is 96.4 Å². The van der Waals surface area contributed by atoms with Crippen molar-refractivity contribution in [1.29, 1.82) is 0 Å². The van der Waals surface area contributed by atoms with E-state index in [-0.39, 0.29) is 0 Å². The number of para-hydroxylation sites is 1. The van der Waals surface area contributed by atoms with E-state index < -0.39 is 5.91 Å². The van der Waals surface area contributed by atoms with E-state index in [9.17, 15) is 10.0 Å². The van der Waals surface area contributed by atoms with E-state index >= 15 is 0 Å². The molecule has 3 rings (SSSR count). The third-order valence-corrected chi connectivity index (χ3v) is 2.74. The Hall–Kier alpha value is -2.33. The van der Waals surface area contributed by atoms with Crippen LogP contribution in [0.15, 0.2) is 46.9 Å². The Kier molecular flexibility index (Phi) is 2.09. The molecule has 2 aromatic carbocycles. The SMILES string of the molecule is O=C(N[O-])c1cccc2oc3ccccc3c12. The van der Waals surface area contributed by atoms with Crippen molar-refractivity contribution in [2.45, 2.75) is 0 Å². The first kappa shape index (κ1) is 9.86. The lowest BCUT2D eigenvalue weighted by molar-refractivity contribution is 0.0972. The van der Waals surface area contributed by atoms with E-state index in [0.29, 0.717) is 22.1 Å². The molecule has 0 bridgehead atoms. The predicted molar refractivity (Wildman–Crippen MR) is 64.6 cm³/mol. The van der Waals surface area contributed by atoms with Crippen LogP contribution in [0.4, 0.5) is 0 Å². The quantitative estimate of drug-likeness (QED) is 0.649. The maximum Gasteiger partial charge on any atom is 0.241 e. The van der Waals surface area contributed by atoms with E-state index in [1.807, 2.05) is 24.3 Å². The van der Waals surface area contributed by atoms with Gasteiger partial charge in [-0.1, -0.05) is 24.3 Å². The van der Waals surface area contributed by atoms with Crippen LogP contribution in [0.5, 0.6) is 0 Å². The molecule has 0 atom stereocenters. The van der Waals surface area contributed by atoms with Crippen LogP contribution in [0.1, 0.15) is 10.4 Å². The van der Waals surface area contributed by atoms with Crippen LogP contribution in [0.3, 0.4) is 0 Å². The molecule has 0 saturated carbocycles. The number of hydrogen-bond acceptors (Lipinski definition) is 3. The molecule has 4 nitrogen and oxygen atoms in total. The van der Waals surface area contributed by atoms with Crippen molar-refractivity contribution in [1.82, 2.24) is 5.48 Å². The second kappa shape index (κ2) is 3.61. The van der Waals surface area contributed by atoms with Gasteiger partial charge >= 0.3 is 0 Å². The maximum absolute atomic E-state index is 11.5. The number of fused-ring (bicyclic) bond motifs is 3. The summed E-state index contributed by atoms with van der Waals surface area (Å²) in [4.78, 5) is 11.5. The van der Waals surface area contributed by atoms with Gasteiger partial charge in [0.25, 0.3) is 0 Å². The molecule has 0 saturated heterocycles. The van der Waals surface area contributed by atoms with Crippen molar-refractivity contribution in [3.05, 3.63) is 53.2 Å². The van der Waals surface area contributed by atoms with Crippen LogP contribution in [0.25, 0.3) is 21.9 Å². The molecule has 17 heavy (non-hydrogen) atoms. The van der Waals surface area contributed by atoms with Crippen LogP contribution in [0, 0.1) is 5.21 Å². The van der Waals surface area contributed by atoms with Crippen LogP contribution < -0.4 is 5.48 Å². The van der Waals surface area contributed by atoms with Gasteiger partial charge in [-0.05, 0) is 18.2 Å². The molecule has 3 aromatic rings. The van der Waals surface area contributed by atoms with E-state index in [2.05, 4.69) is 0 Å². The zero-order valence-electron chi connectivity index (χ0n) is 8.77. The smallest absolute Gasteiger partial charge is 0.241 e. The molecule has 0 spiro atoms. The normalized spacial score (nSPS) is 10.9. The number of rotatable bonds is 1. The van der Waals surface area contributed by atoms with Gasteiger partial charge in [0.15, 0.2) is 0 Å². The largest absolute Gasteiger partial charge is 0.759 e. The van der Waals surface area contributed by atoms with Gasteiger partial charge in [-0.15, -0.1) is 0 Å². The number of furan rings is 1. The van der Waals surface area contributed by atoms with Crippen molar-refractivity contribution in [2.24, 2.45) is 0 Å². The molecule has 0 radical (unpaired) electrons. The van der Waals surface area contributed by atoms with Crippen molar-refractivity contribution in [3.63, 3.8) is 0 Å². The Bertz CT molecular complexity index is 715. The molecular formula is C13H8NO3-. The Morgan fingerprint density at radius 3 is 2.65 bits per heavy atom. The van der Waals surface area contributed by atoms with Crippen LogP contribution in [0.2, 0.25) is 0 Å². The first-order chi connectivity index (χ1) is 8.31. The monoisotopic (exact) mass is 226 g/mol. The van der Waals surface area contributed by atoms with Gasteiger partial charge in [-0.2, -0.15) is 0 Å². The van der Waals surface area contributed by atoms with E-state index in [1.165, 1.54) is 5.48 Å². The second-order valence-electron chi connectivity index (χ2n) is 3.71. The Morgan fingerprint density at radius 2 is 1.82 bits per heavy atom. The Morgan fingerprint density at radius 1 is 1.06 bits per heavy atom. The molecule has 1 N–H and O–H groups in total. The van der Waals surface area contributed by atoms with E-state index in [1.54, 1.807) is 18.2 Å². The minimum atomic E-state index is -0.651. The topological polar surface area (TPSA) is 65.3 Å². The number of carbonyl (C=O) groups is 1. The molecule has 0 aliphatic rings. The summed E-state index contributed by atoms with van der Waals surface area (Å²) in [5.74, 6) is -0.651. The zero-order chi connectivity index (χ0) is 11.8. The van der Waals surface area contributed by atoms with Crippen molar-refractivity contribution in [2.75, 3.05) is 0 Å². The highest BCUT2D eigenvalue weighted by Crippen LogP contribution is 2.30. The molecule has 0 aliphatic carbocycles. The second-order valence-corrected chi connectivity index (χ2v) is 3.71. The van der Waals surface area contributed by atoms with Crippen molar-refractivity contribution >= 4 is 27.8 Å². The summed E-state index contributed by atoms with van der Waals surface area (Å²) in [6.45, 7) is 0. The Balaban J connectivity index is 2.47. The minimum Gasteiger partial charge on any atom is -0.759 e. The van der Waals surface area contributed by atoms with Crippen molar-refractivity contribution in [3.8, 4) is 0 Å². The molecule has 1 aromatic heterocycles. The number of hydroxylamine groups is 1. The summed E-state index contributed by atoms with van der Waals surface area (Å²) >= 11 is 0. The fourth-order valence-corrected chi connectivity index (χ4v) is 2.02. The highest BCUT2D eigenvalue weighted by molar-refractivity contribution is 6.16. The van der Waals surface area contributed by atoms with Crippen LogP contribution >= 0.6 is 0 Å². The van der Waals surface area contributed by atoms with Gasteiger partial charge < -0.3 is 15.1 Å². The van der Waals surface area contributed by atoms with Gasteiger partial charge in [0.2, 0.25) is 5.91 Å². The lowest BCUT2D eigenvalue weighted by atomic mass is 10.1.